The number of rotatable bonds is 3. The summed E-state index contributed by atoms with van der Waals surface area (Å²) in [7, 11) is 0. The molecule has 0 aliphatic rings. The van der Waals surface area contributed by atoms with E-state index in [-0.39, 0.29) is 11.5 Å². The standard InChI is InChI=1S/C9H11NO2/c1-7(11)6-10-8-2-4-9(12)5-3-8/h2-5,10-12H,1,6H2. The van der Waals surface area contributed by atoms with Crippen LogP contribution >= 0.6 is 0 Å². The van der Waals surface area contributed by atoms with Crippen molar-refractivity contribution in [2.24, 2.45) is 0 Å². The molecule has 0 heterocycles. The SMILES string of the molecule is C=C(O)CNc1ccc(O)cc1. The number of hydrogen-bond donors (Lipinski definition) is 3. The van der Waals surface area contributed by atoms with Crippen molar-refractivity contribution in [1.29, 1.82) is 0 Å². The number of nitrogens with one attached hydrogen (secondary N) is 1. The summed E-state index contributed by atoms with van der Waals surface area (Å²) in [6, 6.07) is 6.58. The Bertz CT molecular complexity index is 266. The monoisotopic (exact) mass is 165 g/mol. The van der Waals surface area contributed by atoms with Gasteiger partial charge in [0.25, 0.3) is 0 Å². The molecular weight excluding hydrogens is 154 g/mol. The minimum atomic E-state index is 0.0862. The molecule has 0 aliphatic heterocycles. The van der Waals surface area contributed by atoms with E-state index < -0.39 is 0 Å². The van der Waals surface area contributed by atoms with Gasteiger partial charge in [0.15, 0.2) is 0 Å². The average molecular weight is 165 g/mol. The second-order valence-corrected chi connectivity index (χ2v) is 2.47. The number of hydrogen-bond acceptors (Lipinski definition) is 3. The van der Waals surface area contributed by atoms with Crippen molar-refractivity contribution in [1.82, 2.24) is 0 Å². The van der Waals surface area contributed by atoms with Crippen LogP contribution in [0.2, 0.25) is 0 Å². The lowest BCUT2D eigenvalue weighted by Gasteiger charge is -2.04. The molecule has 1 aromatic carbocycles. The molecule has 3 nitrogen and oxygen atoms in total. The van der Waals surface area contributed by atoms with Crippen LogP contribution in [-0.4, -0.2) is 16.8 Å². The quantitative estimate of drug-likeness (QED) is 0.473. The highest BCUT2D eigenvalue weighted by molar-refractivity contribution is 5.46. The van der Waals surface area contributed by atoms with Crippen LogP contribution in [0.3, 0.4) is 0 Å². The fraction of sp³-hybridized carbons (Fsp3) is 0.111. The molecule has 0 atom stereocenters. The van der Waals surface area contributed by atoms with Crippen molar-refractivity contribution >= 4 is 5.69 Å². The number of aliphatic hydroxyl groups is 1. The lowest BCUT2D eigenvalue weighted by Crippen LogP contribution is -2.02. The Kier molecular flexibility index (Phi) is 2.58. The van der Waals surface area contributed by atoms with Gasteiger partial charge in [-0.25, -0.2) is 0 Å². The zero-order chi connectivity index (χ0) is 8.97. The van der Waals surface area contributed by atoms with E-state index in [1.807, 2.05) is 0 Å². The van der Waals surface area contributed by atoms with Crippen LogP contribution in [0.25, 0.3) is 0 Å². The van der Waals surface area contributed by atoms with Gasteiger partial charge >= 0.3 is 0 Å². The van der Waals surface area contributed by atoms with Gasteiger partial charge in [-0.2, -0.15) is 0 Å². The van der Waals surface area contributed by atoms with Crippen LogP contribution < -0.4 is 5.32 Å². The lowest BCUT2D eigenvalue weighted by molar-refractivity contribution is 0.410. The molecule has 3 heteroatoms. The van der Waals surface area contributed by atoms with Crippen molar-refractivity contribution in [2.45, 2.75) is 0 Å². The van der Waals surface area contributed by atoms with Crippen molar-refractivity contribution in [3.63, 3.8) is 0 Å². The number of benzene rings is 1. The summed E-state index contributed by atoms with van der Waals surface area (Å²) in [6.45, 7) is 3.66. The maximum atomic E-state index is 8.94. The molecule has 12 heavy (non-hydrogen) atoms. The van der Waals surface area contributed by atoms with Gasteiger partial charge in [-0.1, -0.05) is 6.58 Å². The molecule has 0 radical (unpaired) electrons. The molecule has 3 N–H and O–H groups in total. The van der Waals surface area contributed by atoms with Gasteiger partial charge in [0.1, 0.15) is 11.5 Å². The van der Waals surface area contributed by atoms with Gasteiger partial charge in [-0.3, -0.25) is 0 Å². The molecule has 0 aliphatic carbocycles. The van der Waals surface area contributed by atoms with Crippen LogP contribution in [0.1, 0.15) is 0 Å². The molecule has 64 valence electrons. The first kappa shape index (κ1) is 8.46. The van der Waals surface area contributed by atoms with Crippen molar-refractivity contribution < 1.29 is 10.2 Å². The Morgan fingerprint density at radius 1 is 1.33 bits per heavy atom. The first-order valence-electron chi connectivity index (χ1n) is 3.58. The van der Waals surface area contributed by atoms with Crippen molar-refractivity contribution in [3.05, 3.63) is 36.6 Å². The van der Waals surface area contributed by atoms with E-state index in [0.717, 1.165) is 5.69 Å². The van der Waals surface area contributed by atoms with E-state index in [1.165, 1.54) is 0 Å². The highest BCUT2D eigenvalue weighted by Gasteiger charge is 1.92. The fourth-order valence-corrected chi connectivity index (χ4v) is 0.783. The summed E-state index contributed by atoms with van der Waals surface area (Å²) in [6.07, 6.45) is 0. The molecule has 0 unspecified atom stereocenters. The molecule has 1 rings (SSSR count). The average Bonchev–Trinajstić information content (AvgIpc) is 2.03. The van der Waals surface area contributed by atoms with Crippen LogP contribution in [0.4, 0.5) is 5.69 Å². The number of aliphatic hydroxyl groups excluding tert-OH is 1. The lowest BCUT2D eigenvalue weighted by atomic mass is 10.3. The van der Waals surface area contributed by atoms with E-state index in [4.69, 9.17) is 10.2 Å². The molecule has 0 fully saturated rings. The number of phenolic OH excluding ortho intramolecular Hbond substituents is 1. The van der Waals surface area contributed by atoms with Crippen molar-refractivity contribution in [3.8, 4) is 5.75 Å². The van der Waals surface area contributed by atoms with Gasteiger partial charge in [-0.15, -0.1) is 0 Å². The second-order valence-electron chi connectivity index (χ2n) is 2.47. The summed E-state index contributed by atoms with van der Waals surface area (Å²) in [5, 5.41) is 20.6. The minimum absolute atomic E-state index is 0.0862. The third-order valence-electron chi connectivity index (χ3n) is 1.36. The smallest absolute Gasteiger partial charge is 0.115 e. The molecule has 0 amide bonds. The molecule has 0 saturated heterocycles. The normalized spacial score (nSPS) is 9.33. The third-order valence-corrected chi connectivity index (χ3v) is 1.36. The maximum Gasteiger partial charge on any atom is 0.115 e. The molecule has 0 spiro atoms. The predicted octanol–water partition coefficient (Wildman–Crippen LogP) is 1.88. The van der Waals surface area contributed by atoms with Gasteiger partial charge in [0.2, 0.25) is 0 Å². The second kappa shape index (κ2) is 3.67. The third kappa shape index (κ3) is 2.54. The van der Waals surface area contributed by atoms with Gasteiger partial charge in [0.05, 0.1) is 6.54 Å². The first-order valence-corrected chi connectivity index (χ1v) is 3.58. The van der Waals surface area contributed by atoms with Crippen LogP contribution in [0.5, 0.6) is 5.75 Å². The summed E-state index contributed by atoms with van der Waals surface area (Å²) in [5.74, 6) is 0.312. The number of phenols is 1. The molecule has 0 saturated carbocycles. The van der Waals surface area contributed by atoms with Gasteiger partial charge in [0, 0.05) is 5.69 Å². The Balaban J connectivity index is 2.53. The molecule has 0 bridgehead atoms. The highest BCUT2D eigenvalue weighted by atomic mass is 16.3. The molecule has 0 aromatic heterocycles. The summed E-state index contributed by atoms with van der Waals surface area (Å²) in [4.78, 5) is 0. The van der Waals surface area contributed by atoms with Gasteiger partial charge < -0.3 is 15.5 Å². The van der Waals surface area contributed by atoms with E-state index in [1.54, 1.807) is 24.3 Å². The minimum Gasteiger partial charge on any atom is -0.511 e. The fourth-order valence-electron chi connectivity index (χ4n) is 0.783. The van der Waals surface area contributed by atoms with Crippen LogP contribution in [0.15, 0.2) is 36.6 Å². The topological polar surface area (TPSA) is 52.5 Å². The van der Waals surface area contributed by atoms with E-state index in [2.05, 4.69) is 11.9 Å². The summed E-state index contributed by atoms with van der Waals surface area (Å²) in [5.41, 5.74) is 0.836. The van der Waals surface area contributed by atoms with Crippen molar-refractivity contribution in [2.75, 3.05) is 11.9 Å². The Morgan fingerprint density at radius 3 is 2.42 bits per heavy atom. The molecule has 1 aromatic rings. The molecular formula is C9H11NO2. The maximum absolute atomic E-state index is 8.94. The predicted molar refractivity (Wildman–Crippen MR) is 48.4 cm³/mol. The largest absolute Gasteiger partial charge is 0.511 e. The van der Waals surface area contributed by atoms with Crippen LogP contribution in [-0.2, 0) is 0 Å². The zero-order valence-electron chi connectivity index (χ0n) is 6.62. The Morgan fingerprint density at radius 2 is 1.92 bits per heavy atom. The number of anilines is 1. The van der Waals surface area contributed by atoms with E-state index >= 15 is 0 Å². The number of aromatic hydroxyl groups is 1. The van der Waals surface area contributed by atoms with Gasteiger partial charge in [-0.05, 0) is 24.3 Å². The Labute approximate surface area is 71.0 Å². The van der Waals surface area contributed by atoms with Crippen LogP contribution in [0, 0.1) is 0 Å². The Hall–Kier alpha value is -1.64. The summed E-state index contributed by atoms with van der Waals surface area (Å²) < 4.78 is 0. The van der Waals surface area contributed by atoms with E-state index in [9.17, 15) is 0 Å². The van der Waals surface area contributed by atoms with E-state index in [0.29, 0.717) is 6.54 Å². The summed E-state index contributed by atoms with van der Waals surface area (Å²) >= 11 is 0. The highest BCUT2D eigenvalue weighted by Crippen LogP contribution is 2.13. The zero-order valence-corrected chi connectivity index (χ0v) is 6.62. The first-order chi connectivity index (χ1) is 5.68.